The standard InChI is InChI=1S/C21H22N4O2S/c1-2-27-17-7-5-16(6-8-17)21(26)25-13-11-24(12-14-25)20-10-9-18(22-23-20)19-4-3-15-28-19/h3-10,15H,2,11-14H2,1H3. The van der Waals surface area contributed by atoms with Gasteiger partial charge in [-0.15, -0.1) is 21.5 Å². The number of rotatable bonds is 5. The number of carbonyl (C=O) groups is 1. The molecule has 0 radical (unpaired) electrons. The maximum Gasteiger partial charge on any atom is 0.253 e. The summed E-state index contributed by atoms with van der Waals surface area (Å²) in [4.78, 5) is 17.9. The minimum Gasteiger partial charge on any atom is -0.494 e. The molecule has 144 valence electrons. The predicted octanol–water partition coefficient (Wildman–Crippen LogP) is 3.57. The van der Waals surface area contributed by atoms with E-state index in [1.165, 1.54) is 0 Å². The second-order valence-corrected chi connectivity index (χ2v) is 7.44. The number of thiophene rings is 1. The van der Waals surface area contributed by atoms with Gasteiger partial charge in [0.1, 0.15) is 11.4 Å². The van der Waals surface area contributed by atoms with E-state index in [0.717, 1.165) is 35.2 Å². The van der Waals surface area contributed by atoms with Gasteiger partial charge < -0.3 is 14.5 Å². The maximum atomic E-state index is 12.7. The quantitative estimate of drug-likeness (QED) is 0.662. The van der Waals surface area contributed by atoms with Crippen molar-refractivity contribution in [2.45, 2.75) is 6.92 Å². The topological polar surface area (TPSA) is 58.6 Å². The van der Waals surface area contributed by atoms with Gasteiger partial charge in [0.05, 0.1) is 11.5 Å². The molecule has 1 aromatic carbocycles. The van der Waals surface area contributed by atoms with Crippen molar-refractivity contribution < 1.29 is 9.53 Å². The Balaban J connectivity index is 1.35. The van der Waals surface area contributed by atoms with Crippen LogP contribution in [0.3, 0.4) is 0 Å². The second-order valence-electron chi connectivity index (χ2n) is 6.49. The number of aromatic nitrogens is 2. The van der Waals surface area contributed by atoms with E-state index in [1.54, 1.807) is 11.3 Å². The van der Waals surface area contributed by atoms with Crippen molar-refractivity contribution in [1.29, 1.82) is 0 Å². The average molecular weight is 395 g/mol. The molecule has 1 fully saturated rings. The third-order valence-electron chi connectivity index (χ3n) is 4.73. The Morgan fingerprint density at radius 3 is 2.43 bits per heavy atom. The third kappa shape index (κ3) is 3.99. The van der Waals surface area contributed by atoms with Crippen LogP contribution in [0.25, 0.3) is 10.6 Å². The van der Waals surface area contributed by atoms with Gasteiger partial charge in [-0.2, -0.15) is 0 Å². The molecule has 1 amide bonds. The summed E-state index contributed by atoms with van der Waals surface area (Å²) in [5.74, 6) is 1.70. The first-order chi connectivity index (χ1) is 13.7. The highest BCUT2D eigenvalue weighted by Crippen LogP contribution is 2.23. The molecular weight excluding hydrogens is 372 g/mol. The normalized spacial score (nSPS) is 14.2. The number of nitrogens with zero attached hydrogens (tertiary/aromatic N) is 4. The molecule has 2 aromatic heterocycles. The summed E-state index contributed by atoms with van der Waals surface area (Å²) in [6.45, 7) is 5.39. The zero-order valence-corrected chi connectivity index (χ0v) is 16.6. The number of anilines is 1. The van der Waals surface area contributed by atoms with Gasteiger partial charge in [-0.3, -0.25) is 4.79 Å². The first-order valence-electron chi connectivity index (χ1n) is 9.39. The maximum absolute atomic E-state index is 12.7. The first-order valence-corrected chi connectivity index (χ1v) is 10.3. The molecule has 0 bridgehead atoms. The number of carbonyl (C=O) groups excluding carboxylic acids is 1. The largest absolute Gasteiger partial charge is 0.494 e. The average Bonchev–Trinajstić information content (AvgIpc) is 3.29. The monoisotopic (exact) mass is 394 g/mol. The Bertz CT molecular complexity index is 903. The molecule has 7 heteroatoms. The van der Waals surface area contributed by atoms with E-state index in [1.807, 2.05) is 65.7 Å². The zero-order valence-electron chi connectivity index (χ0n) is 15.7. The number of amides is 1. The number of piperazine rings is 1. The fourth-order valence-corrected chi connectivity index (χ4v) is 3.92. The highest BCUT2D eigenvalue weighted by atomic mass is 32.1. The van der Waals surface area contributed by atoms with Crippen molar-refractivity contribution in [2.24, 2.45) is 0 Å². The summed E-state index contributed by atoms with van der Waals surface area (Å²) in [6.07, 6.45) is 0. The Hall–Kier alpha value is -2.93. The minimum absolute atomic E-state index is 0.0572. The second kappa shape index (κ2) is 8.39. The molecule has 6 nitrogen and oxygen atoms in total. The van der Waals surface area contributed by atoms with Crippen LogP contribution in [0.15, 0.2) is 53.9 Å². The van der Waals surface area contributed by atoms with E-state index in [0.29, 0.717) is 25.3 Å². The molecule has 3 heterocycles. The highest BCUT2D eigenvalue weighted by molar-refractivity contribution is 7.13. The van der Waals surface area contributed by atoms with Crippen LogP contribution in [-0.2, 0) is 0 Å². The van der Waals surface area contributed by atoms with Gasteiger partial charge in [-0.05, 0) is 54.8 Å². The number of hydrogen-bond donors (Lipinski definition) is 0. The lowest BCUT2D eigenvalue weighted by Gasteiger charge is -2.35. The fourth-order valence-electron chi connectivity index (χ4n) is 3.23. The third-order valence-corrected chi connectivity index (χ3v) is 5.62. The molecule has 0 atom stereocenters. The van der Waals surface area contributed by atoms with Gasteiger partial charge in [-0.25, -0.2) is 0 Å². The molecule has 1 aliphatic heterocycles. The molecular formula is C21H22N4O2S. The molecule has 0 saturated carbocycles. The summed E-state index contributed by atoms with van der Waals surface area (Å²) in [7, 11) is 0. The lowest BCUT2D eigenvalue weighted by Crippen LogP contribution is -2.49. The van der Waals surface area contributed by atoms with E-state index >= 15 is 0 Å². The van der Waals surface area contributed by atoms with E-state index < -0.39 is 0 Å². The van der Waals surface area contributed by atoms with Crippen LogP contribution in [0, 0.1) is 0 Å². The van der Waals surface area contributed by atoms with Gasteiger partial charge in [0.25, 0.3) is 5.91 Å². The van der Waals surface area contributed by atoms with Gasteiger partial charge in [0, 0.05) is 31.7 Å². The molecule has 3 aromatic rings. The van der Waals surface area contributed by atoms with E-state index in [9.17, 15) is 4.79 Å². The lowest BCUT2D eigenvalue weighted by molar-refractivity contribution is 0.0746. The van der Waals surface area contributed by atoms with Crippen molar-refractivity contribution >= 4 is 23.1 Å². The Morgan fingerprint density at radius 1 is 1.04 bits per heavy atom. The fraction of sp³-hybridized carbons (Fsp3) is 0.286. The SMILES string of the molecule is CCOc1ccc(C(=O)N2CCN(c3ccc(-c4cccs4)nn3)CC2)cc1. The van der Waals surface area contributed by atoms with Crippen molar-refractivity contribution in [2.75, 3.05) is 37.7 Å². The molecule has 0 N–H and O–H groups in total. The van der Waals surface area contributed by atoms with Crippen LogP contribution in [0.1, 0.15) is 17.3 Å². The summed E-state index contributed by atoms with van der Waals surface area (Å²) in [6, 6.07) is 15.4. The summed E-state index contributed by atoms with van der Waals surface area (Å²) in [5, 5.41) is 10.8. The van der Waals surface area contributed by atoms with Gasteiger partial charge in [-0.1, -0.05) is 6.07 Å². The number of hydrogen-bond acceptors (Lipinski definition) is 6. The predicted molar refractivity (Wildman–Crippen MR) is 111 cm³/mol. The van der Waals surface area contributed by atoms with Crippen LogP contribution in [0.4, 0.5) is 5.82 Å². The van der Waals surface area contributed by atoms with Gasteiger partial charge >= 0.3 is 0 Å². The van der Waals surface area contributed by atoms with Crippen LogP contribution < -0.4 is 9.64 Å². The smallest absolute Gasteiger partial charge is 0.253 e. The zero-order chi connectivity index (χ0) is 19.3. The van der Waals surface area contributed by atoms with Crippen molar-refractivity contribution in [3.8, 4) is 16.3 Å². The van der Waals surface area contributed by atoms with Crippen molar-refractivity contribution in [1.82, 2.24) is 15.1 Å². The molecule has 28 heavy (non-hydrogen) atoms. The van der Waals surface area contributed by atoms with Crippen LogP contribution in [0.2, 0.25) is 0 Å². The molecule has 1 saturated heterocycles. The summed E-state index contributed by atoms with van der Waals surface area (Å²) >= 11 is 1.65. The minimum atomic E-state index is 0.0572. The molecule has 0 spiro atoms. The van der Waals surface area contributed by atoms with Crippen molar-refractivity contribution in [3.05, 3.63) is 59.5 Å². The van der Waals surface area contributed by atoms with E-state index in [2.05, 4.69) is 15.1 Å². The molecule has 0 unspecified atom stereocenters. The Morgan fingerprint density at radius 2 is 1.82 bits per heavy atom. The van der Waals surface area contributed by atoms with Gasteiger partial charge in [0.2, 0.25) is 0 Å². The van der Waals surface area contributed by atoms with Crippen LogP contribution in [-0.4, -0.2) is 53.8 Å². The molecule has 4 rings (SSSR count). The number of benzene rings is 1. The van der Waals surface area contributed by atoms with E-state index in [4.69, 9.17) is 4.74 Å². The lowest BCUT2D eigenvalue weighted by atomic mass is 10.1. The van der Waals surface area contributed by atoms with Crippen molar-refractivity contribution in [3.63, 3.8) is 0 Å². The van der Waals surface area contributed by atoms with Crippen LogP contribution >= 0.6 is 11.3 Å². The Kier molecular flexibility index (Phi) is 5.53. The first kappa shape index (κ1) is 18.4. The van der Waals surface area contributed by atoms with E-state index in [-0.39, 0.29) is 5.91 Å². The number of ether oxygens (including phenoxy) is 1. The summed E-state index contributed by atoms with van der Waals surface area (Å²) < 4.78 is 5.44. The highest BCUT2D eigenvalue weighted by Gasteiger charge is 2.23. The summed E-state index contributed by atoms with van der Waals surface area (Å²) in [5.41, 5.74) is 1.58. The van der Waals surface area contributed by atoms with Gasteiger partial charge in [0.15, 0.2) is 5.82 Å². The Labute approximate surface area is 168 Å². The molecule has 0 aliphatic carbocycles. The van der Waals surface area contributed by atoms with Crippen LogP contribution in [0.5, 0.6) is 5.75 Å². The molecule has 1 aliphatic rings.